The molecule has 0 fully saturated rings. The summed E-state index contributed by atoms with van der Waals surface area (Å²) in [5.41, 5.74) is 1.49. The van der Waals surface area contributed by atoms with Gasteiger partial charge in [-0.15, -0.1) is 4.73 Å². The average molecular weight is 319 g/mol. The fraction of sp³-hybridized carbons (Fsp3) is 0.529. The summed E-state index contributed by atoms with van der Waals surface area (Å²) in [6.07, 6.45) is -0.0585. The lowest BCUT2D eigenvalue weighted by atomic mass is 9.97. The molecule has 0 saturated carbocycles. The standard InChI is InChI=1S/C17H25N3O3/c1-10(2)12(5)16(21)19-17-18-14-8-7-13(22-6)9-15(14)20(17)23-11(3)4/h7-12H,1-6H3,(H,18,19,21). The summed E-state index contributed by atoms with van der Waals surface area (Å²) in [6, 6.07) is 5.51. The van der Waals surface area contributed by atoms with Crippen molar-refractivity contribution in [2.24, 2.45) is 11.8 Å². The van der Waals surface area contributed by atoms with Crippen LogP contribution in [0.1, 0.15) is 34.6 Å². The lowest BCUT2D eigenvalue weighted by Gasteiger charge is -2.17. The van der Waals surface area contributed by atoms with Gasteiger partial charge in [-0.1, -0.05) is 20.8 Å². The van der Waals surface area contributed by atoms with Gasteiger partial charge in [0.25, 0.3) is 0 Å². The predicted molar refractivity (Wildman–Crippen MR) is 90.6 cm³/mol. The molecule has 6 nitrogen and oxygen atoms in total. The Morgan fingerprint density at radius 2 is 1.91 bits per heavy atom. The molecule has 126 valence electrons. The van der Waals surface area contributed by atoms with Crippen molar-refractivity contribution in [1.82, 2.24) is 9.71 Å². The van der Waals surface area contributed by atoms with E-state index in [1.54, 1.807) is 11.8 Å². The van der Waals surface area contributed by atoms with Gasteiger partial charge in [0, 0.05) is 12.0 Å². The fourth-order valence-electron chi connectivity index (χ4n) is 2.08. The minimum Gasteiger partial charge on any atom is -0.497 e. The van der Waals surface area contributed by atoms with Crippen LogP contribution >= 0.6 is 0 Å². The van der Waals surface area contributed by atoms with Crippen LogP contribution in [0.3, 0.4) is 0 Å². The first kappa shape index (κ1) is 17.1. The number of amides is 1. The maximum absolute atomic E-state index is 12.3. The Kier molecular flexibility index (Phi) is 5.13. The summed E-state index contributed by atoms with van der Waals surface area (Å²) >= 11 is 0. The molecule has 0 aliphatic heterocycles. The molecule has 1 atom stereocenters. The number of hydrogen-bond acceptors (Lipinski definition) is 4. The lowest BCUT2D eigenvalue weighted by molar-refractivity contribution is -0.120. The van der Waals surface area contributed by atoms with Crippen LogP contribution < -0.4 is 14.9 Å². The van der Waals surface area contributed by atoms with E-state index in [0.29, 0.717) is 11.7 Å². The summed E-state index contributed by atoms with van der Waals surface area (Å²) in [5, 5.41) is 2.87. The second kappa shape index (κ2) is 6.89. The van der Waals surface area contributed by atoms with Gasteiger partial charge >= 0.3 is 0 Å². The zero-order chi connectivity index (χ0) is 17.1. The van der Waals surface area contributed by atoms with Crippen LogP contribution in [0.15, 0.2) is 18.2 Å². The summed E-state index contributed by atoms with van der Waals surface area (Å²) in [5.74, 6) is 1.16. The number of methoxy groups -OCH3 is 1. The molecule has 0 bridgehead atoms. The van der Waals surface area contributed by atoms with Crippen molar-refractivity contribution in [2.75, 3.05) is 12.4 Å². The minimum atomic E-state index is -0.114. The van der Waals surface area contributed by atoms with Crippen LogP contribution in [-0.4, -0.2) is 28.8 Å². The van der Waals surface area contributed by atoms with Crippen LogP contribution in [-0.2, 0) is 4.79 Å². The number of aromatic nitrogens is 2. The van der Waals surface area contributed by atoms with Gasteiger partial charge in [0.05, 0.1) is 12.6 Å². The number of anilines is 1. The number of benzene rings is 1. The summed E-state index contributed by atoms with van der Waals surface area (Å²) in [7, 11) is 1.61. The van der Waals surface area contributed by atoms with E-state index in [9.17, 15) is 4.79 Å². The second-order valence-corrected chi connectivity index (χ2v) is 6.26. The molecule has 6 heteroatoms. The molecule has 1 heterocycles. The Morgan fingerprint density at radius 1 is 1.22 bits per heavy atom. The zero-order valence-corrected chi connectivity index (χ0v) is 14.6. The van der Waals surface area contributed by atoms with Gasteiger partial charge in [-0.3, -0.25) is 10.1 Å². The lowest BCUT2D eigenvalue weighted by Crippen LogP contribution is -2.28. The van der Waals surface area contributed by atoms with Crippen LogP contribution in [0.25, 0.3) is 11.0 Å². The van der Waals surface area contributed by atoms with Gasteiger partial charge in [-0.05, 0) is 31.9 Å². The molecule has 1 amide bonds. The molecular weight excluding hydrogens is 294 g/mol. The Bertz CT molecular complexity index is 692. The van der Waals surface area contributed by atoms with Crippen molar-refractivity contribution in [2.45, 2.75) is 40.7 Å². The van der Waals surface area contributed by atoms with Gasteiger partial charge < -0.3 is 9.57 Å². The fourth-order valence-corrected chi connectivity index (χ4v) is 2.08. The number of fused-ring (bicyclic) bond motifs is 1. The molecule has 2 rings (SSSR count). The highest BCUT2D eigenvalue weighted by atomic mass is 16.7. The molecule has 0 aliphatic rings. The first-order chi connectivity index (χ1) is 10.8. The van der Waals surface area contributed by atoms with E-state index in [0.717, 1.165) is 11.0 Å². The van der Waals surface area contributed by atoms with E-state index < -0.39 is 0 Å². The summed E-state index contributed by atoms with van der Waals surface area (Å²) < 4.78 is 6.82. The molecule has 1 N–H and O–H groups in total. The van der Waals surface area contributed by atoms with Gasteiger partial charge in [0.1, 0.15) is 17.4 Å². The molecule has 1 aromatic carbocycles. The number of rotatable bonds is 6. The normalized spacial score (nSPS) is 12.7. The maximum Gasteiger partial charge on any atom is 0.244 e. The van der Waals surface area contributed by atoms with Gasteiger partial charge in [-0.2, -0.15) is 0 Å². The Morgan fingerprint density at radius 3 is 2.48 bits per heavy atom. The van der Waals surface area contributed by atoms with E-state index in [2.05, 4.69) is 10.3 Å². The molecular formula is C17H25N3O3. The second-order valence-electron chi connectivity index (χ2n) is 6.26. The quantitative estimate of drug-likeness (QED) is 0.888. The van der Waals surface area contributed by atoms with Crippen molar-refractivity contribution in [1.29, 1.82) is 0 Å². The third-order valence-electron chi connectivity index (χ3n) is 3.78. The number of nitrogens with one attached hydrogen (secondary N) is 1. The monoisotopic (exact) mass is 319 g/mol. The largest absolute Gasteiger partial charge is 0.497 e. The maximum atomic E-state index is 12.3. The Balaban J connectivity index is 2.43. The molecule has 23 heavy (non-hydrogen) atoms. The molecule has 0 spiro atoms. The Hall–Kier alpha value is -2.24. The SMILES string of the molecule is COc1ccc2nc(NC(=O)C(C)C(C)C)n(OC(C)C)c2c1. The van der Waals surface area contributed by atoms with E-state index >= 15 is 0 Å². The number of ether oxygens (including phenoxy) is 1. The third kappa shape index (κ3) is 3.75. The van der Waals surface area contributed by atoms with Gasteiger partial charge in [0.2, 0.25) is 11.9 Å². The van der Waals surface area contributed by atoms with E-state index in [-0.39, 0.29) is 23.8 Å². The van der Waals surface area contributed by atoms with Crippen molar-refractivity contribution >= 4 is 22.9 Å². The van der Waals surface area contributed by atoms with Crippen LogP contribution in [0.4, 0.5) is 5.95 Å². The van der Waals surface area contributed by atoms with Gasteiger partial charge in [0.15, 0.2) is 0 Å². The first-order valence-corrected chi connectivity index (χ1v) is 7.88. The zero-order valence-electron chi connectivity index (χ0n) is 14.6. The first-order valence-electron chi connectivity index (χ1n) is 7.88. The van der Waals surface area contributed by atoms with E-state index in [1.165, 1.54) is 0 Å². The van der Waals surface area contributed by atoms with Crippen LogP contribution in [0.2, 0.25) is 0 Å². The van der Waals surface area contributed by atoms with Crippen LogP contribution in [0.5, 0.6) is 5.75 Å². The summed E-state index contributed by atoms with van der Waals surface area (Å²) in [6.45, 7) is 9.79. The molecule has 0 saturated heterocycles. The van der Waals surface area contributed by atoms with Crippen LogP contribution in [0, 0.1) is 11.8 Å². The highest BCUT2D eigenvalue weighted by Gasteiger charge is 2.21. The Labute approximate surface area is 136 Å². The molecule has 0 radical (unpaired) electrons. The number of nitrogens with zero attached hydrogens (tertiary/aromatic N) is 2. The average Bonchev–Trinajstić information content (AvgIpc) is 2.82. The highest BCUT2D eigenvalue weighted by Crippen LogP contribution is 2.24. The van der Waals surface area contributed by atoms with Crippen molar-refractivity contribution in [3.63, 3.8) is 0 Å². The third-order valence-corrected chi connectivity index (χ3v) is 3.78. The van der Waals surface area contributed by atoms with Gasteiger partial charge in [-0.25, -0.2) is 4.98 Å². The number of carbonyl (C=O) groups excluding carboxylic acids is 1. The summed E-state index contributed by atoms with van der Waals surface area (Å²) in [4.78, 5) is 22.6. The highest BCUT2D eigenvalue weighted by molar-refractivity contribution is 5.93. The topological polar surface area (TPSA) is 65.4 Å². The molecule has 1 aromatic heterocycles. The minimum absolute atomic E-state index is 0.0585. The van der Waals surface area contributed by atoms with E-state index in [1.807, 2.05) is 52.8 Å². The number of carbonyl (C=O) groups is 1. The molecule has 2 aromatic rings. The smallest absolute Gasteiger partial charge is 0.244 e. The molecule has 1 unspecified atom stereocenters. The van der Waals surface area contributed by atoms with Crippen molar-refractivity contribution < 1.29 is 14.4 Å². The predicted octanol–water partition coefficient (Wildman–Crippen LogP) is 3.11. The number of imidazole rings is 1. The van der Waals surface area contributed by atoms with E-state index in [4.69, 9.17) is 9.57 Å². The molecule has 0 aliphatic carbocycles. The number of hydrogen-bond donors (Lipinski definition) is 1. The van der Waals surface area contributed by atoms with Crippen molar-refractivity contribution in [3.05, 3.63) is 18.2 Å². The van der Waals surface area contributed by atoms with Crippen molar-refractivity contribution in [3.8, 4) is 5.75 Å².